The molecule has 0 spiro atoms. The quantitative estimate of drug-likeness (QED) is 0.849. The zero-order valence-corrected chi connectivity index (χ0v) is 13.7. The minimum Gasteiger partial charge on any atom is -0.392 e. The Morgan fingerprint density at radius 3 is 2.55 bits per heavy atom. The highest BCUT2D eigenvalue weighted by Crippen LogP contribution is 2.40. The van der Waals surface area contributed by atoms with Gasteiger partial charge >= 0.3 is 6.03 Å². The van der Waals surface area contributed by atoms with E-state index in [1.165, 1.54) is 31.2 Å². The summed E-state index contributed by atoms with van der Waals surface area (Å²) < 4.78 is 0. The molecule has 2 rings (SSSR count). The Balaban J connectivity index is 1.93. The first-order valence-electron chi connectivity index (χ1n) is 8.22. The van der Waals surface area contributed by atoms with E-state index in [1.807, 2.05) is 6.07 Å². The first-order chi connectivity index (χ1) is 10.5. The van der Waals surface area contributed by atoms with E-state index in [9.17, 15) is 9.90 Å². The summed E-state index contributed by atoms with van der Waals surface area (Å²) in [5.41, 5.74) is 1.53. The number of aliphatic hydroxyl groups excluding tert-OH is 1. The molecule has 1 fully saturated rings. The zero-order chi connectivity index (χ0) is 16.0. The molecule has 1 aromatic carbocycles. The monoisotopic (exact) mass is 304 g/mol. The van der Waals surface area contributed by atoms with Crippen molar-refractivity contribution in [1.29, 1.82) is 0 Å². The molecule has 0 saturated heterocycles. The van der Waals surface area contributed by atoms with Gasteiger partial charge in [0.25, 0.3) is 0 Å². The van der Waals surface area contributed by atoms with E-state index >= 15 is 0 Å². The molecule has 0 heterocycles. The maximum atomic E-state index is 12.1. The van der Waals surface area contributed by atoms with Crippen molar-refractivity contribution in [2.45, 2.75) is 45.1 Å². The fourth-order valence-corrected chi connectivity index (χ4v) is 3.45. The van der Waals surface area contributed by atoms with Crippen LogP contribution >= 0.6 is 0 Å². The normalized spacial score (nSPS) is 18.0. The molecule has 0 aromatic heterocycles. The molecule has 0 radical (unpaired) electrons. The third-order valence-electron chi connectivity index (χ3n) is 4.59. The van der Waals surface area contributed by atoms with Crippen molar-refractivity contribution in [2.24, 2.45) is 5.41 Å². The molecule has 1 unspecified atom stereocenters. The zero-order valence-electron chi connectivity index (χ0n) is 13.7. The number of likely N-dealkylation sites (N-methyl/N-ethyl adjacent to an activating group) is 1. The summed E-state index contributed by atoms with van der Waals surface area (Å²) in [4.78, 5) is 13.7. The lowest BCUT2D eigenvalue weighted by Crippen LogP contribution is -2.45. The number of benzene rings is 1. The van der Waals surface area contributed by atoms with E-state index in [4.69, 9.17) is 0 Å². The summed E-state index contributed by atoms with van der Waals surface area (Å²) in [7, 11) is 1.72. The second-order valence-corrected chi connectivity index (χ2v) is 6.76. The van der Waals surface area contributed by atoms with E-state index in [0.29, 0.717) is 13.1 Å². The molecular formula is C18H28N2O2. The molecule has 2 N–H and O–H groups in total. The Morgan fingerprint density at radius 1 is 1.32 bits per heavy atom. The van der Waals surface area contributed by atoms with Crippen LogP contribution in [0.25, 0.3) is 0 Å². The minimum absolute atomic E-state index is 0.0970. The lowest BCUT2D eigenvalue weighted by atomic mass is 9.80. The van der Waals surface area contributed by atoms with Gasteiger partial charge in [-0.25, -0.2) is 4.79 Å². The van der Waals surface area contributed by atoms with Crippen molar-refractivity contribution in [3.05, 3.63) is 35.9 Å². The SMILES string of the molecule is CC(O)CN(C)C(=O)NCC1(Cc2ccccc2)CCCC1. The van der Waals surface area contributed by atoms with Crippen LogP contribution in [0.5, 0.6) is 0 Å². The summed E-state index contributed by atoms with van der Waals surface area (Å²) in [5, 5.41) is 12.4. The van der Waals surface area contributed by atoms with Crippen LogP contribution in [0.3, 0.4) is 0 Å². The molecule has 4 nitrogen and oxygen atoms in total. The molecule has 0 bridgehead atoms. The Morgan fingerprint density at radius 2 is 1.95 bits per heavy atom. The average Bonchev–Trinajstić information content (AvgIpc) is 2.94. The highest BCUT2D eigenvalue weighted by Gasteiger charge is 2.34. The molecule has 1 aliphatic rings. The second kappa shape index (κ2) is 7.63. The number of aliphatic hydroxyl groups is 1. The van der Waals surface area contributed by atoms with Gasteiger partial charge in [0, 0.05) is 20.1 Å². The van der Waals surface area contributed by atoms with Crippen LogP contribution in [-0.4, -0.2) is 42.3 Å². The molecule has 1 saturated carbocycles. The molecule has 4 heteroatoms. The van der Waals surface area contributed by atoms with Crippen molar-refractivity contribution >= 4 is 6.03 Å². The summed E-state index contributed by atoms with van der Waals surface area (Å²) in [6.45, 7) is 2.76. The van der Waals surface area contributed by atoms with Crippen LogP contribution in [-0.2, 0) is 6.42 Å². The lowest BCUT2D eigenvalue weighted by molar-refractivity contribution is 0.141. The molecule has 1 aromatic rings. The fraction of sp³-hybridized carbons (Fsp3) is 0.611. The summed E-state index contributed by atoms with van der Waals surface area (Å²) in [6, 6.07) is 10.4. The van der Waals surface area contributed by atoms with E-state index in [2.05, 4.69) is 29.6 Å². The van der Waals surface area contributed by atoms with E-state index in [0.717, 1.165) is 6.42 Å². The number of carbonyl (C=O) groups excluding carboxylic acids is 1. The van der Waals surface area contributed by atoms with Gasteiger partial charge in [-0.3, -0.25) is 0 Å². The number of nitrogens with zero attached hydrogens (tertiary/aromatic N) is 1. The van der Waals surface area contributed by atoms with Gasteiger partial charge in [0.05, 0.1) is 6.10 Å². The van der Waals surface area contributed by atoms with Gasteiger partial charge in [-0.1, -0.05) is 43.2 Å². The Kier molecular flexibility index (Phi) is 5.83. The van der Waals surface area contributed by atoms with E-state index in [1.54, 1.807) is 18.9 Å². The maximum Gasteiger partial charge on any atom is 0.317 e. The Bertz CT molecular complexity index is 467. The van der Waals surface area contributed by atoms with Crippen LogP contribution in [0.15, 0.2) is 30.3 Å². The van der Waals surface area contributed by atoms with Crippen LogP contribution in [0.1, 0.15) is 38.2 Å². The molecule has 1 atom stereocenters. The third kappa shape index (κ3) is 4.73. The Hall–Kier alpha value is -1.55. The van der Waals surface area contributed by atoms with Crippen LogP contribution < -0.4 is 5.32 Å². The highest BCUT2D eigenvalue weighted by atomic mass is 16.3. The number of rotatable bonds is 6. The number of carbonyl (C=O) groups is 1. The number of hydrogen-bond donors (Lipinski definition) is 2. The maximum absolute atomic E-state index is 12.1. The molecule has 2 amide bonds. The predicted molar refractivity (Wildman–Crippen MR) is 88.8 cm³/mol. The second-order valence-electron chi connectivity index (χ2n) is 6.76. The van der Waals surface area contributed by atoms with Gasteiger partial charge in [-0.15, -0.1) is 0 Å². The van der Waals surface area contributed by atoms with Crippen LogP contribution in [0, 0.1) is 5.41 Å². The molecule has 122 valence electrons. The summed E-state index contributed by atoms with van der Waals surface area (Å²) in [6.07, 6.45) is 5.34. The largest absolute Gasteiger partial charge is 0.392 e. The smallest absolute Gasteiger partial charge is 0.317 e. The summed E-state index contributed by atoms with van der Waals surface area (Å²) in [5.74, 6) is 0. The van der Waals surface area contributed by atoms with Gasteiger partial charge < -0.3 is 15.3 Å². The fourth-order valence-electron chi connectivity index (χ4n) is 3.45. The number of amides is 2. The van der Waals surface area contributed by atoms with Crippen molar-refractivity contribution < 1.29 is 9.90 Å². The third-order valence-corrected chi connectivity index (χ3v) is 4.59. The predicted octanol–water partition coefficient (Wildman–Crippen LogP) is 2.81. The molecule has 22 heavy (non-hydrogen) atoms. The van der Waals surface area contributed by atoms with Crippen molar-refractivity contribution in [2.75, 3.05) is 20.1 Å². The lowest BCUT2D eigenvalue weighted by Gasteiger charge is -2.31. The Labute approximate surface area is 133 Å². The van der Waals surface area contributed by atoms with Gasteiger partial charge in [0.1, 0.15) is 0 Å². The van der Waals surface area contributed by atoms with Crippen molar-refractivity contribution in [3.8, 4) is 0 Å². The number of urea groups is 1. The minimum atomic E-state index is -0.500. The van der Waals surface area contributed by atoms with E-state index in [-0.39, 0.29) is 11.4 Å². The van der Waals surface area contributed by atoms with Gasteiger partial charge in [0.15, 0.2) is 0 Å². The first-order valence-corrected chi connectivity index (χ1v) is 8.22. The molecule has 0 aliphatic heterocycles. The highest BCUT2D eigenvalue weighted by molar-refractivity contribution is 5.73. The first kappa shape index (κ1) is 16.8. The van der Waals surface area contributed by atoms with E-state index < -0.39 is 6.10 Å². The van der Waals surface area contributed by atoms with Crippen LogP contribution in [0.2, 0.25) is 0 Å². The number of nitrogens with one attached hydrogen (secondary N) is 1. The molecule has 1 aliphatic carbocycles. The molecular weight excluding hydrogens is 276 g/mol. The van der Waals surface area contributed by atoms with Gasteiger partial charge in [-0.2, -0.15) is 0 Å². The van der Waals surface area contributed by atoms with Gasteiger partial charge in [-0.05, 0) is 37.2 Å². The van der Waals surface area contributed by atoms with Crippen molar-refractivity contribution in [3.63, 3.8) is 0 Å². The number of hydrogen-bond acceptors (Lipinski definition) is 2. The topological polar surface area (TPSA) is 52.6 Å². The van der Waals surface area contributed by atoms with Crippen LogP contribution in [0.4, 0.5) is 4.79 Å². The summed E-state index contributed by atoms with van der Waals surface area (Å²) >= 11 is 0. The average molecular weight is 304 g/mol. The van der Waals surface area contributed by atoms with Crippen molar-refractivity contribution in [1.82, 2.24) is 10.2 Å². The standard InChI is InChI=1S/C18H28N2O2/c1-15(21)13-20(2)17(22)19-14-18(10-6-7-11-18)12-16-8-4-3-5-9-16/h3-5,8-9,15,21H,6-7,10-14H2,1-2H3,(H,19,22). The van der Waals surface area contributed by atoms with Gasteiger partial charge in [0.2, 0.25) is 0 Å².